The van der Waals surface area contributed by atoms with Gasteiger partial charge in [0.25, 0.3) is 0 Å². The molecule has 1 heterocycles. The SMILES string of the molecule is Cc1ccc(C(C)(N)C2CCOC3(CCCC3)C2)cc1F. The summed E-state index contributed by atoms with van der Waals surface area (Å²) in [6.45, 7) is 4.62. The fraction of sp³-hybridized carbons (Fsp3) is 0.667. The van der Waals surface area contributed by atoms with Gasteiger partial charge in [-0.25, -0.2) is 4.39 Å². The van der Waals surface area contributed by atoms with Crippen molar-refractivity contribution in [2.45, 2.75) is 63.5 Å². The van der Waals surface area contributed by atoms with Crippen LogP contribution >= 0.6 is 0 Å². The summed E-state index contributed by atoms with van der Waals surface area (Å²) in [7, 11) is 0. The first kappa shape index (κ1) is 15.0. The molecule has 1 saturated heterocycles. The lowest BCUT2D eigenvalue weighted by Gasteiger charge is -2.45. The molecular weight excluding hydrogens is 265 g/mol. The molecule has 2 N–H and O–H groups in total. The predicted molar refractivity (Wildman–Crippen MR) is 82.6 cm³/mol. The Kier molecular flexibility index (Phi) is 3.83. The summed E-state index contributed by atoms with van der Waals surface area (Å²) in [5.74, 6) is 0.193. The summed E-state index contributed by atoms with van der Waals surface area (Å²) >= 11 is 0. The first-order chi connectivity index (χ1) is 9.93. The van der Waals surface area contributed by atoms with Crippen LogP contribution in [0.3, 0.4) is 0 Å². The van der Waals surface area contributed by atoms with E-state index in [1.807, 2.05) is 12.1 Å². The highest BCUT2D eigenvalue weighted by Gasteiger charge is 2.45. The number of hydrogen-bond donors (Lipinski definition) is 1. The van der Waals surface area contributed by atoms with Crippen LogP contribution in [0.5, 0.6) is 0 Å². The highest BCUT2D eigenvalue weighted by Crippen LogP contribution is 2.46. The van der Waals surface area contributed by atoms with Gasteiger partial charge in [0.2, 0.25) is 0 Å². The molecule has 2 aliphatic rings. The average molecular weight is 291 g/mol. The van der Waals surface area contributed by atoms with E-state index in [1.165, 1.54) is 12.8 Å². The third-order valence-electron chi connectivity index (χ3n) is 5.65. The molecule has 1 aliphatic heterocycles. The fourth-order valence-corrected chi connectivity index (χ4v) is 4.07. The predicted octanol–water partition coefficient (Wildman–Crippen LogP) is 4.05. The molecule has 1 spiro atoms. The van der Waals surface area contributed by atoms with Crippen molar-refractivity contribution in [1.82, 2.24) is 0 Å². The number of hydrogen-bond acceptors (Lipinski definition) is 2. The van der Waals surface area contributed by atoms with Gasteiger partial charge in [0.05, 0.1) is 5.60 Å². The normalized spacial score (nSPS) is 27.7. The van der Waals surface area contributed by atoms with Crippen molar-refractivity contribution in [3.8, 4) is 0 Å². The van der Waals surface area contributed by atoms with Crippen molar-refractivity contribution in [1.29, 1.82) is 0 Å². The van der Waals surface area contributed by atoms with Gasteiger partial charge >= 0.3 is 0 Å². The van der Waals surface area contributed by atoms with Gasteiger partial charge in [-0.05, 0) is 62.6 Å². The maximum absolute atomic E-state index is 13.9. The van der Waals surface area contributed by atoms with Gasteiger partial charge in [-0.1, -0.05) is 25.0 Å². The minimum atomic E-state index is -0.492. The zero-order chi connectivity index (χ0) is 15.1. The van der Waals surface area contributed by atoms with Gasteiger partial charge in [-0.3, -0.25) is 0 Å². The average Bonchev–Trinajstić information content (AvgIpc) is 2.89. The van der Waals surface area contributed by atoms with Crippen molar-refractivity contribution in [2.24, 2.45) is 11.7 Å². The second-order valence-corrected chi connectivity index (χ2v) is 7.17. The maximum atomic E-state index is 13.9. The monoisotopic (exact) mass is 291 g/mol. The van der Waals surface area contributed by atoms with Crippen LogP contribution in [0.15, 0.2) is 18.2 Å². The standard InChI is InChI=1S/C18H26FNO/c1-13-5-6-14(11-16(13)19)17(2,20)15-7-10-21-18(12-15)8-3-4-9-18/h5-6,11,15H,3-4,7-10,12,20H2,1-2H3. The summed E-state index contributed by atoms with van der Waals surface area (Å²) in [4.78, 5) is 0. The van der Waals surface area contributed by atoms with Crippen molar-refractivity contribution in [3.63, 3.8) is 0 Å². The van der Waals surface area contributed by atoms with Gasteiger partial charge in [0.15, 0.2) is 0 Å². The Hall–Kier alpha value is -0.930. The van der Waals surface area contributed by atoms with Crippen LogP contribution in [-0.4, -0.2) is 12.2 Å². The number of aryl methyl sites for hydroxylation is 1. The first-order valence-electron chi connectivity index (χ1n) is 8.12. The molecule has 2 unspecified atom stereocenters. The van der Waals surface area contributed by atoms with Crippen LogP contribution < -0.4 is 5.73 Å². The number of ether oxygens (including phenoxy) is 1. The summed E-state index contributed by atoms with van der Waals surface area (Å²) in [5.41, 5.74) is 7.80. The lowest BCUT2D eigenvalue weighted by molar-refractivity contribution is -0.104. The quantitative estimate of drug-likeness (QED) is 0.892. The third-order valence-corrected chi connectivity index (χ3v) is 5.65. The van der Waals surface area contributed by atoms with Gasteiger partial charge in [0.1, 0.15) is 5.82 Å². The van der Waals surface area contributed by atoms with Crippen LogP contribution in [0.4, 0.5) is 4.39 Å². The van der Waals surface area contributed by atoms with Crippen LogP contribution in [-0.2, 0) is 10.3 Å². The Morgan fingerprint density at radius 2 is 2.05 bits per heavy atom. The van der Waals surface area contributed by atoms with E-state index in [-0.39, 0.29) is 11.4 Å². The molecule has 2 nitrogen and oxygen atoms in total. The molecule has 1 aromatic rings. The van der Waals surface area contributed by atoms with Gasteiger partial charge in [-0.2, -0.15) is 0 Å². The molecule has 1 saturated carbocycles. The molecular formula is C18H26FNO. The molecule has 3 rings (SSSR count). The summed E-state index contributed by atoms with van der Waals surface area (Å²) in [6, 6.07) is 5.43. The van der Waals surface area contributed by atoms with E-state index in [0.717, 1.165) is 37.9 Å². The van der Waals surface area contributed by atoms with Crippen molar-refractivity contribution < 1.29 is 9.13 Å². The number of halogens is 1. The molecule has 1 aromatic carbocycles. The van der Waals surface area contributed by atoms with Crippen LogP contribution in [0.1, 0.15) is 56.6 Å². The molecule has 0 amide bonds. The summed E-state index contributed by atoms with van der Waals surface area (Å²) in [6.07, 6.45) is 6.80. The minimum Gasteiger partial charge on any atom is -0.375 e. The fourth-order valence-electron chi connectivity index (χ4n) is 4.07. The molecule has 1 aliphatic carbocycles. The molecule has 2 atom stereocenters. The lowest BCUT2D eigenvalue weighted by Crippen LogP contribution is -2.49. The second kappa shape index (κ2) is 5.36. The molecule has 116 valence electrons. The Balaban J connectivity index is 1.84. The van der Waals surface area contributed by atoms with Crippen LogP contribution in [0, 0.1) is 18.7 Å². The Morgan fingerprint density at radius 1 is 1.33 bits per heavy atom. The first-order valence-corrected chi connectivity index (χ1v) is 8.12. The summed E-state index contributed by atoms with van der Waals surface area (Å²) < 4.78 is 20.0. The Labute approximate surface area is 126 Å². The van der Waals surface area contributed by atoms with Crippen molar-refractivity contribution in [3.05, 3.63) is 35.1 Å². The zero-order valence-electron chi connectivity index (χ0n) is 13.1. The van der Waals surface area contributed by atoms with E-state index >= 15 is 0 Å². The van der Waals surface area contributed by atoms with E-state index < -0.39 is 5.54 Å². The van der Waals surface area contributed by atoms with E-state index in [2.05, 4.69) is 6.92 Å². The van der Waals surface area contributed by atoms with Gasteiger partial charge < -0.3 is 10.5 Å². The van der Waals surface area contributed by atoms with Crippen LogP contribution in [0.25, 0.3) is 0 Å². The van der Waals surface area contributed by atoms with E-state index in [4.69, 9.17) is 10.5 Å². The van der Waals surface area contributed by atoms with E-state index in [9.17, 15) is 4.39 Å². The Bertz CT molecular complexity index is 520. The van der Waals surface area contributed by atoms with Crippen LogP contribution in [0.2, 0.25) is 0 Å². The molecule has 21 heavy (non-hydrogen) atoms. The smallest absolute Gasteiger partial charge is 0.126 e. The largest absolute Gasteiger partial charge is 0.375 e. The van der Waals surface area contributed by atoms with Gasteiger partial charge in [0, 0.05) is 12.1 Å². The van der Waals surface area contributed by atoms with E-state index in [0.29, 0.717) is 11.5 Å². The number of nitrogens with two attached hydrogens (primary N) is 1. The second-order valence-electron chi connectivity index (χ2n) is 7.17. The Morgan fingerprint density at radius 3 is 2.71 bits per heavy atom. The molecule has 3 heteroatoms. The lowest BCUT2D eigenvalue weighted by atomic mass is 9.71. The molecule has 0 bridgehead atoms. The van der Waals surface area contributed by atoms with Crippen molar-refractivity contribution >= 4 is 0 Å². The molecule has 0 aromatic heterocycles. The number of rotatable bonds is 2. The summed E-state index contributed by atoms with van der Waals surface area (Å²) in [5, 5.41) is 0. The zero-order valence-corrected chi connectivity index (χ0v) is 13.1. The number of benzene rings is 1. The highest BCUT2D eigenvalue weighted by atomic mass is 19.1. The van der Waals surface area contributed by atoms with Gasteiger partial charge in [-0.15, -0.1) is 0 Å². The topological polar surface area (TPSA) is 35.2 Å². The van der Waals surface area contributed by atoms with Crippen molar-refractivity contribution in [2.75, 3.05) is 6.61 Å². The molecule has 2 fully saturated rings. The molecule has 0 radical (unpaired) electrons. The highest BCUT2D eigenvalue weighted by molar-refractivity contribution is 5.29. The van der Waals surface area contributed by atoms with E-state index in [1.54, 1.807) is 13.0 Å². The third kappa shape index (κ3) is 2.74. The maximum Gasteiger partial charge on any atom is 0.126 e. The minimum absolute atomic E-state index is 0.0484.